The highest BCUT2D eigenvalue weighted by Gasteiger charge is 2.05. The molecule has 0 bridgehead atoms. The van der Waals surface area contributed by atoms with E-state index in [1.807, 2.05) is 12.1 Å². The Hall–Kier alpha value is -1.36. The van der Waals surface area contributed by atoms with Crippen LogP contribution in [0.1, 0.15) is 13.3 Å². The minimum atomic E-state index is -0.383. The maximum Gasteiger partial charge on any atom is 0.306 e. The number of benzene rings is 1. The second-order valence-electron chi connectivity index (χ2n) is 3.07. The molecule has 1 aromatic carbocycles. The first-order valence-electron chi connectivity index (χ1n) is 4.83. The van der Waals surface area contributed by atoms with Crippen molar-refractivity contribution in [1.29, 1.82) is 0 Å². The molecular formula is C11H12BrNO3. The number of carbonyl (C=O) groups excluding carboxylic acids is 2. The normalized spacial score (nSPS) is 9.62. The largest absolute Gasteiger partial charge is 0.456 e. The van der Waals surface area contributed by atoms with Gasteiger partial charge in [-0.2, -0.15) is 0 Å². The van der Waals surface area contributed by atoms with Gasteiger partial charge in [-0.1, -0.05) is 22.9 Å². The van der Waals surface area contributed by atoms with Crippen molar-refractivity contribution in [3.8, 4) is 0 Å². The van der Waals surface area contributed by atoms with Crippen molar-refractivity contribution in [3.05, 3.63) is 28.7 Å². The highest BCUT2D eigenvalue weighted by molar-refractivity contribution is 9.10. The summed E-state index contributed by atoms with van der Waals surface area (Å²) in [6, 6.07) is 7.13. The maximum absolute atomic E-state index is 11.3. The van der Waals surface area contributed by atoms with E-state index < -0.39 is 0 Å². The number of hydrogen-bond donors (Lipinski definition) is 1. The van der Waals surface area contributed by atoms with Gasteiger partial charge < -0.3 is 10.1 Å². The molecule has 0 aromatic heterocycles. The van der Waals surface area contributed by atoms with E-state index in [9.17, 15) is 9.59 Å². The highest BCUT2D eigenvalue weighted by Crippen LogP contribution is 2.13. The number of carbonyl (C=O) groups is 2. The Labute approximate surface area is 102 Å². The highest BCUT2D eigenvalue weighted by atomic mass is 79.9. The van der Waals surface area contributed by atoms with Crippen LogP contribution in [-0.4, -0.2) is 18.5 Å². The molecule has 0 heterocycles. The Balaban J connectivity index is 2.40. The average molecular weight is 286 g/mol. The van der Waals surface area contributed by atoms with E-state index in [1.165, 1.54) is 0 Å². The van der Waals surface area contributed by atoms with E-state index in [2.05, 4.69) is 26.0 Å². The van der Waals surface area contributed by atoms with Crippen LogP contribution >= 0.6 is 15.9 Å². The minimum absolute atomic E-state index is 0.247. The van der Waals surface area contributed by atoms with Crippen molar-refractivity contribution >= 4 is 33.5 Å². The van der Waals surface area contributed by atoms with Gasteiger partial charge in [0, 0.05) is 16.6 Å². The third-order valence-electron chi connectivity index (χ3n) is 1.78. The van der Waals surface area contributed by atoms with Crippen LogP contribution in [0.4, 0.5) is 5.69 Å². The molecule has 16 heavy (non-hydrogen) atoms. The number of ether oxygens (including phenoxy) is 1. The molecule has 0 atom stereocenters. The zero-order valence-corrected chi connectivity index (χ0v) is 10.4. The van der Waals surface area contributed by atoms with Crippen LogP contribution in [-0.2, 0) is 14.3 Å². The van der Waals surface area contributed by atoms with E-state index >= 15 is 0 Å². The molecule has 0 aliphatic heterocycles. The van der Waals surface area contributed by atoms with Gasteiger partial charge in [-0.15, -0.1) is 0 Å². The van der Waals surface area contributed by atoms with Crippen LogP contribution in [0.15, 0.2) is 28.7 Å². The van der Waals surface area contributed by atoms with Crippen LogP contribution in [0, 0.1) is 0 Å². The molecular weight excluding hydrogens is 274 g/mol. The molecule has 0 spiro atoms. The van der Waals surface area contributed by atoms with E-state index in [0.29, 0.717) is 5.69 Å². The molecule has 86 valence electrons. The lowest BCUT2D eigenvalue weighted by Gasteiger charge is -2.05. The Morgan fingerprint density at radius 3 is 2.50 bits per heavy atom. The van der Waals surface area contributed by atoms with Crippen molar-refractivity contribution in [3.63, 3.8) is 0 Å². The summed E-state index contributed by atoms with van der Waals surface area (Å²) in [6.45, 7) is 1.43. The standard InChI is InChI=1S/C11H12BrNO3/c1-2-11(15)16-7-10(14)13-9-5-3-8(12)4-6-9/h3-6H,2,7H2,1H3,(H,13,14). The van der Waals surface area contributed by atoms with Crippen molar-refractivity contribution in [1.82, 2.24) is 0 Å². The van der Waals surface area contributed by atoms with Gasteiger partial charge >= 0.3 is 5.97 Å². The lowest BCUT2D eigenvalue weighted by Crippen LogP contribution is -2.20. The third kappa shape index (κ3) is 4.44. The monoisotopic (exact) mass is 285 g/mol. The van der Waals surface area contributed by atoms with Crippen molar-refractivity contribution < 1.29 is 14.3 Å². The van der Waals surface area contributed by atoms with Crippen molar-refractivity contribution in [2.75, 3.05) is 11.9 Å². The Morgan fingerprint density at radius 1 is 1.31 bits per heavy atom. The molecule has 0 fully saturated rings. The fourth-order valence-corrected chi connectivity index (χ4v) is 1.24. The lowest BCUT2D eigenvalue weighted by molar-refractivity contribution is -0.146. The van der Waals surface area contributed by atoms with E-state index in [4.69, 9.17) is 0 Å². The third-order valence-corrected chi connectivity index (χ3v) is 2.31. The lowest BCUT2D eigenvalue weighted by atomic mass is 10.3. The molecule has 1 aromatic rings. The fourth-order valence-electron chi connectivity index (χ4n) is 0.978. The summed E-state index contributed by atoms with van der Waals surface area (Å²) in [4.78, 5) is 22.1. The predicted octanol–water partition coefficient (Wildman–Crippen LogP) is 2.34. The molecule has 0 saturated carbocycles. The van der Waals surface area contributed by atoms with Gasteiger partial charge in [-0.05, 0) is 24.3 Å². The molecule has 0 aliphatic carbocycles. The summed E-state index contributed by atoms with van der Waals surface area (Å²) in [6.07, 6.45) is 0.269. The van der Waals surface area contributed by atoms with Crippen LogP contribution in [0.25, 0.3) is 0 Å². The molecule has 1 N–H and O–H groups in total. The van der Waals surface area contributed by atoms with Gasteiger partial charge in [0.1, 0.15) is 0 Å². The van der Waals surface area contributed by atoms with Crippen LogP contribution in [0.2, 0.25) is 0 Å². The van der Waals surface area contributed by atoms with Crippen molar-refractivity contribution in [2.24, 2.45) is 0 Å². The second-order valence-corrected chi connectivity index (χ2v) is 3.98. The molecule has 0 radical (unpaired) electrons. The van der Waals surface area contributed by atoms with Gasteiger partial charge in [0.15, 0.2) is 6.61 Å². The van der Waals surface area contributed by atoms with Crippen LogP contribution in [0.5, 0.6) is 0 Å². The number of nitrogens with one attached hydrogen (secondary N) is 1. The van der Waals surface area contributed by atoms with Crippen LogP contribution in [0.3, 0.4) is 0 Å². The quantitative estimate of drug-likeness (QED) is 0.864. The average Bonchev–Trinajstić information content (AvgIpc) is 2.29. The smallest absolute Gasteiger partial charge is 0.306 e. The van der Waals surface area contributed by atoms with Gasteiger partial charge in [0.05, 0.1) is 0 Å². The van der Waals surface area contributed by atoms with Gasteiger partial charge in [-0.3, -0.25) is 9.59 Å². The molecule has 5 heteroatoms. The second kappa shape index (κ2) is 6.27. The molecule has 1 amide bonds. The van der Waals surface area contributed by atoms with Gasteiger partial charge in [-0.25, -0.2) is 0 Å². The first-order chi connectivity index (χ1) is 7.61. The number of esters is 1. The SMILES string of the molecule is CCC(=O)OCC(=O)Nc1ccc(Br)cc1. The Kier molecular flexibility index (Phi) is 4.98. The summed E-state index contributed by atoms with van der Waals surface area (Å²) in [5.41, 5.74) is 0.667. The summed E-state index contributed by atoms with van der Waals surface area (Å²) >= 11 is 3.29. The molecule has 0 saturated heterocycles. The zero-order valence-electron chi connectivity index (χ0n) is 8.83. The summed E-state index contributed by atoms with van der Waals surface area (Å²) < 4.78 is 5.62. The maximum atomic E-state index is 11.3. The summed E-state index contributed by atoms with van der Waals surface area (Å²) in [5, 5.41) is 2.61. The van der Waals surface area contributed by atoms with Gasteiger partial charge in [0.25, 0.3) is 5.91 Å². The summed E-state index contributed by atoms with van der Waals surface area (Å²) in [5.74, 6) is -0.727. The molecule has 1 rings (SSSR count). The Morgan fingerprint density at radius 2 is 1.94 bits per heavy atom. The number of anilines is 1. The fraction of sp³-hybridized carbons (Fsp3) is 0.273. The summed E-state index contributed by atoms with van der Waals surface area (Å²) in [7, 11) is 0. The van der Waals surface area contributed by atoms with E-state index in [0.717, 1.165) is 4.47 Å². The van der Waals surface area contributed by atoms with Crippen LogP contribution < -0.4 is 5.32 Å². The van der Waals surface area contributed by atoms with Gasteiger partial charge in [0.2, 0.25) is 0 Å². The molecule has 0 unspecified atom stereocenters. The predicted molar refractivity (Wildman–Crippen MR) is 64.0 cm³/mol. The number of amides is 1. The first kappa shape index (κ1) is 12.7. The zero-order chi connectivity index (χ0) is 12.0. The Bertz CT molecular complexity index is 375. The van der Waals surface area contributed by atoms with Crippen molar-refractivity contribution in [2.45, 2.75) is 13.3 Å². The molecule has 0 aliphatic rings. The van der Waals surface area contributed by atoms with E-state index in [-0.39, 0.29) is 24.9 Å². The number of hydrogen-bond acceptors (Lipinski definition) is 3. The minimum Gasteiger partial charge on any atom is -0.456 e. The number of rotatable bonds is 4. The van der Waals surface area contributed by atoms with E-state index in [1.54, 1.807) is 19.1 Å². The molecule has 4 nitrogen and oxygen atoms in total. The first-order valence-corrected chi connectivity index (χ1v) is 5.62. The number of halogens is 1. The topological polar surface area (TPSA) is 55.4 Å².